The third kappa shape index (κ3) is 3.31. The number of benzene rings is 1. The summed E-state index contributed by atoms with van der Waals surface area (Å²) in [5.74, 6) is -1.24. The Kier molecular flexibility index (Phi) is 4.12. The molecule has 0 saturated heterocycles. The minimum absolute atomic E-state index is 0.0276. The van der Waals surface area contributed by atoms with E-state index in [2.05, 4.69) is 5.32 Å². The third-order valence-corrected chi connectivity index (χ3v) is 3.37. The Hall–Kier alpha value is -2.56. The molecule has 0 aliphatic carbocycles. The van der Waals surface area contributed by atoms with Crippen LogP contribution < -0.4 is 5.32 Å². The van der Waals surface area contributed by atoms with Crippen LogP contribution in [0.2, 0.25) is 0 Å². The number of carbonyl (C=O) groups excluding carboxylic acids is 1. The first-order valence-electron chi connectivity index (χ1n) is 6.63. The molecule has 0 fully saturated rings. The summed E-state index contributed by atoms with van der Waals surface area (Å²) in [6, 6.07) is 7.46. The Labute approximate surface area is 123 Å². The van der Waals surface area contributed by atoms with Gasteiger partial charge in [0.05, 0.1) is 12.0 Å². The van der Waals surface area contributed by atoms with Gasteiger partial charge in [0.25, 0.3) is 0 Å². The summed E-state index contributed by atoms with van der Waals surface area (Å²) in [6.07, 6.45) is 1.75. The van der Waals surface area contributed by atoms with Gasteiger partial charge in [-0.1, -0.05) is 17.7 Å². The van der Waals surface area contributed by atoms with Gasteiger partial charge in [-0.25, -0.2) is 4.79 Å². The molecule has 21 heavy (non-hydrogen) atoms. The first-order chi connectivity index (χ1) is 9.88. The van der Waals surface area contributed by atoms with Crippen molar-refractivity contribution in [1.29, 1.82) is 0 Å². The highest BCUT2D eigenvalue weighted by Crippen LogP contribution is 2.17. The van der Waals surface area contributed by atoms with Gasteiger partial charge in [0.2, 0.25) is 5.91 Å². The fourth-order valence-corrected chi connectivity index (χ4v) is 2.34. The lowest BCUT2D eigenvalue weighted by atomic mass is 10.1. The van der Waals surface area contributed by atoms with Crippen LogP contribution in [-0.4, -0.2) is 21.6 Å². The number of hydrogen-bond donors (Lipinski definition) is 2. The largest absolute Gasteiger partial charge is 0.478 e. The van der Waals surface area contributed by atoms with E-state index in [0.717, 1.165) is 5.56 Å². The Morgan fingerprint density at radius 3 is 2.38 bits per heavy atom. The van der Waals surface area contributed by atoms with E-state index in [1.807, 2.05) is 31.2 Å². The Balaban J connectivity index is 2.16. The fraction of sp³-hybridized carbons (Fsp3) is 0.250. The molecule has 0 radical (unpaired) electrons. The number of anilines is 1. The van der Waals surface area contributed by atoms with E-state index in [0.29, 0.717) is 16.9 Å². The minimum atomic E-state index is -1.01. The molecule has 1 amide bonds. The second kappa shape index (κ2) is 5.83. The van der Waals surface area contributed by atoms with E-state index in [9.17, 15) is 14.7 Å². The molecule has 0 unspecified atom stereocenters. The molecule has 0 saturated carbocycles. The SMILES string of the molecule is Cc1ccc(NC(=O)Cc2c(C(=O)O)c(C)cn2C)cc1. The Morgan fingerprint density at radius 1 is 1.19 bits per heavy atom. The number of nitrogens with one attached hydrogen (secondary N) is 1. The molecule has 2 aromatic rings. The Morgan fingerprint density at radius 2 is 1.81 bits per heavy atom. The zero-order valence-corrected chi connectivity index (χ0v) is 12.3. The summed E-state index contributed by atoms with van der Waals surface area (Å²) in [5, 5.41) is 12.0. The van der Waals surface area contributed by atoms with E-state index in [4.69, 9.17) is 0 Å². The summed E-state index contributed by atoms with van der Waals surface area (Å²) in [5.41, 5.74) is 3.18. The second-order valence-corrected chi connectivity index (χ2v) is 5.14. The number of carboxylic acids is 1. The summed E-state index contributed by atoms with van der Waals surface area (Å²) < 4.78 is 1.69. The predicted octanol–water partition coefficient (Wildman–Crippen LogP) is 2.52. The highest BCUT2D eigenvalue weighted by Gasteiger charge is 2.19. The maximum Gasteiger partial charge on any atom is 0.337 e. The number of rotatable bonds is 4. The average molecular weight is 286 g/mol. The molecule has 5 nitrogen and oxygen atoms in total. The van der Waals surface area contributed by atoms with Crippen LogP contribution in [0.5, 0.6) is 0 Å². The number of aromatic nitrogens is 1. The van der Waals surface area contributed by atoms with Gasteiger partial charge in [-0.2, -0.15) is 0 Å². The van der Waals surface area contributed by atoms with Crippen LogP contribution in [-0.2, 0) is 18.3 Å². The van der Waals surface area contributed by atoms with Gasteiger partial charge >= 0.3 is 5.97 Å². The van der Waals surface area contributed by atoms with Crippen LogP contribution in [0, 0.1) is 13.8 Å². The molecule has 1 aromatic heterocycles. The highest BCUT2D eigenvalue weighted by molar-refractivity contribution is 5.96. The third-order valence-electron chi connectivity index (χ3n) is 3.37. The van der Waals surface area contributed by atoms with Crippen LogP contribution in [0.1, 0.15) is 27.2 Å². The van der Waals surface area contributed by atoms with Crippen LogP contribution in [0.3, 0.4) is 0 Å². The van der Waals surface area contributed by atoms with E-state index in [-0.39, 0.29) is 17.9 Å². The zero-order valence-electron chi connectivity index (χ0n) is 12.3. The molecule has 1 aromatic carbocycles. The topological polar surface area (TPSA) is 71.3 Å². The maximum absolute atomic E-state index is 12.1. The molecule has 2 N–H and O–H groups in total. The smallest absolute Gasteiger partial charge is 0.337 e. The molecule has 0 aliphatic rings. The van der Waals surface area contributed by atoms with Crippen molar-refractivity contribution in [2.24, 2.45) is 7.05 Å². The van der Waals surface area contributed by atoms with Crippen molar-refractivity contribution in [3.8, 4) is 0 Å². The standard InChI is InChI=1S/C16H18N2O3/c1-10-4-6-12(7-5-10)17-14(19)8-13-15(16(20)21)11(2)9-18(13)3/h4-7,9H,8H2,1-3H3,(H,17,19)(H,20,21). The first-order valence-corrected chi connectivity index (χ1v) is 6.63. The van der Waals surface area contributed by atoms with E-state index in [1.165, 1.54) is 0 Å². The molecular weight excluding hydrogens is 268 g/mol. The lowest BCUT2D eigenvalue weighted by Crippen LogP contribution is -2.18. The van der Waals surface area contributed by atoms with Crippen molar-refractivity contribution in [3.63, 3.8) is 0 Å². The van der Waals surface area contributed by atoms with Crippen LogP contribution >= 0.6 is 0 Å². The molecule has 5 heteroatoms. The van der Waals surface area contributed by atoms with Crippen molar-refractivity contribution >= 4 is 17.6 Å². The van der Waals surface area contributed by atoms with Crippen molar-refractivity contribution in [3.05, 3.63) is 52.8 Å². The molecular formula is C16H18N2O3. The predicted molar refractivity (Wildman–Crippen MR) is 80.6 cm³/mol. The molecule has 0 atom stereocenters. The van der Waals surface area contributed by atoms with Crippen molar-refractivity contribution in [2.75, 3.05) is 5.32 Å². The Bertz CT molecular complexity index is 684. The average Bonchev–Trinajstić information content (AvgIpc) is 2.67. The van der Waals surface area contributed by atoms with E-state index in [1.54, 1.807) is 24.7 Å². The van der Waals surface area contributed by atoms with Crippen molar-refractivity contribution in [2.45, 2.75) is 20.3 Å². The number of nitrogens with zero attached hydrogens (tertiary/aromatic N) is 1. The monoisotopic (exact) mass is 286 g/mol. The zero-order chi connectivity index (χ0) is 15.6. The number of amides is 1. The fourth-order valence-electron chi connectivity index (χ4n) is 2.34. The van der Waals surface area contributed by atoms with Crippen LogP contribution in [0.4, 0.5) is 5.69 Å². The molecule has 1 heterocycles. The summed E-state index contributed by atoms with van der Waals surface area (Å²) in [4.78, 5) is 23.4. The first kappa shape index (κ1) is 14.8. The summed E-state index contributed by atoms with van der Waals surface area (Å²) >= 11 is 0. The number of aryl methyl sites for hydroxylation is 3. The number of aromatic carboxylic acids is 1. The lowest BCUT2D eigenvalue weighted by molar-refractivity contribution is -0.115. The van der Waals surface area contributed by atoms with E-state index >= 15 is 0 Å². The van der Waals surface area contributed by atoms with Crippen LogP contribution in [0.25, 0.3) is 0 Å². The summed E-state index contributed by atoms with van der Waals surface area (Å²) in [6.45, 7) is 3.70. The summed E-state index contributed by atoms with van der Waals surface area (Å²) in [7, 11) is 1.74. The van der Waals surface area contributed by atoms with Crippen molar-refractivity contribution in [1.82, 2.24) is 4.57 Å². The molecule has 0 spiro atoms. The van der Waals surface area contributed by atoms with Gasteiger partial charge in [-0.3, -0.25) is 4.79 Å². The molecule has 0 bridgehead atoms. The van der Waals surface area contributed by atoms with Gasteiger partial charge in [0.15, 0.2) is 0 Å². The number of carbonyl (C=O) groups is 2. The molecule has 2 rings (SSSR count). The lowest BCUT2D eigenvalue weighted by Gasteiger charge is -2.08. The van der Waals surface area contributed by atoms with Gasteiger partial charge in [-0.05, 0) is 31.5 Å². The van der Waals surface area contributed by atoms with E-state index < -0.39 is 5.97 Å². The quantitative estimate of drug-likeness (QED) is 0.907. The van der Waals surface area contributed by atoms with Gasteiger partial charge in [-0.15, -0.1) is 0 Å². The maximum atomic E-state index is 12.1. The van der Waals surface area contributed by atoms with Gasteiger partial charge < -0.3 is 15.0 Å². The normalized spacial score (nSPS) is 10.4. The highest BCUT2D eigenvalue weighted by atomic mass is 16.4. The number of carboxylic acid groups (broad SMARTS) is 1. The minimum Gasteiger partial charge on any atom is -0.478 e. The van der Waals surface area contributed by atoms with Gasteiger partial charge in [0.1, 0.15) is 0 Å². The van der Waals surface area contributed by atoms with Crippen LogP contribution in [0.15, 0.2) is 30.5 Å². The molecule has 0 aliphatic heterocycles. The van der Waals surface area contributed by atoms with Gasteiger partial charge in [0, 0.05) is 24.6 Å². The van der Waals surface area contributed by atoms with Crippen molar-refractivity contribution < 1.29 is 14.7 Å². The number of hydrogen-bond acceptors (Lipinski definition) is 2. The second-order valence-electron chi connectivity index (χ2n) is 5.14. The molecule has 110 valence electrons.